The van der Waals surface area contributed by atoms with Crippen LogP contribution in [-0.2, 0) is 0 Å². The molecule has 5 N–H and O–H groups in total. The van der Waals surface area contributed by atoms with Gasteiger partial charge in [-0.3, -0.25) is 9.59 Å². The zero-order chi connectivity index (χ0) is 25.5. The van der Waals surface area contributed by atoms with Crippen LogP contribution < -0.4 is 26.4 Å². The number of nitrogen functional groups attached to an aromatic ring is 1. The molecule has 1 heterocycles. The Morgan fingerprint density at radius 2 is 1.92 bits per heavy atom. The number of benzene rings is 3. The van der Waals surface area contributed by atoms with Crippen molar-refractivity contribution in [3.63, 3.8) is 0 Å². The van der Waals surface area contributed by atoms with Crippen molar-refractivity contribution in [1.29, 1.82) is 0 Å². The second-order valence-electron chi connectivity index (χ2n) is 9.19. The highest BCUT2D eigenvalue weighted by atomic mass is 35.5. The van der Waals surface area contributed by atoms with Crippen molar-refractivity contribution in [2.24, 2.45) is 5.92 Å². The minimum Gasteiger partial charge on any atom is -0.496 e. The first-order chi connectivity index (χ1) is 17.5. The first-order valence-corrected chi connectivity index (χ1v) is 12.8. The molecule has 0 spiro atoms. The molecule has 4 rings (SSSR count). The lowest BCUT2D eigenvalue weighted by molar-refractivity contribution is 0.0917. The summed E-state index contributed by atoms with van der Waals surface area (Å²) >= 11 is 6.17. The van der Waals surface area contributed by atoms with E-state index in [0.29, 0.717) is 40.0 Å². The van der Waals surface area contributed by atoms with E-state index in [4.69, 9.17) is 22.1 Å². The van der Waals surface area contributed by atoms with E-state index < -0.39 is 0 Å². The van der Waals surface area contributed by atoms with Gasteiger partial charge in [0.05, 0.1) is 23.4 Å². The first kappa shape index (κ1) is 25.8. The molecule has 1 unspecified atom stereocenters. The molecule has 1 saturated heterocycles. The summed E-state index contributed by atoms with van der Waals surface area (Å²) in [4.78, 5) is 25.9. The molecular weight excluding hydrogens is 476 g/mol. The average molecular weight is 509 g/mol. The van der Waals surface area contributed by atoms with Crippen LogP contribution in [-0.4, -0.2) is 44.6 Å². The van der Waals surface area contributed by atoms with Crippen molar-refractivity contribution in [2.75, 3.05) is 32.5 Å². The van der Waals surface area contributed by atoms with Gasteiger partial charge < -0.3 is 26.4 Å². The molecule has 0 saturated carbocycles. The van der Waals surface area contributed by atoms with E-state index >= 15 is 0 Å². The van der Waals surface area contributed by atoms with Gasteiger partial charge in [0.2, 0.25) is 0 Å². The topological polar surface area (TPSA) is 105 Å². The number of halogens is 1. The lowest BCUT2D eigenvalue weighted by Gasteiger charge is -2.25. The Labute approximate surface area is 216 Å². The number of carbonyl (C=O) groups excluding carboxylic acids is 2. The minimum absolute atomic E-state index is 0.00213. The van der Waals surface area contributed by atoms with E-state index in [1.54, 1.807) is 12.1 Å². The SMILES string of the molecule is COc1cc(N)c(Cl)cc1C(=O)NC(CCCCNC(=O)c1cccc2ccccc12)[C@@H]1CCNC1. The summed E-state index contributed by atoms with van der Waals surface area (Å²) in [7, 11) is 1.50. The molecule has 8 heteroatoms. The Bertz CT molecular complexity index is 1220. The normalized spacial score (nSPS) is 16.0. The van der Waals surface area contributed by atoms with Crippen molar-refractivity contribution >= 4 is 39.9 Å². The van der Waals surface area contributed by atoms with Gasteiger partial charge in [0.1, 0.15) is 5.75 Å². The Balaban J connectivity index is 1.33. The number of carbonyl (C=O) groups is 2. The van der Waals surface area contributed by atoms with Gasteiger partial charge in [-0.25, -0.2) is 0 Å². The molecule has 1 aliphatic rings. The summed E-state index contributed by atoms with van der Waals surface area (Å²) in [5.74, 6) is 0.446. The van der Waals surface area contributed by atoms with Crippen LogP contribution in [0.2, 0.25) is 5.02 Å². The van der Waals surface area contributed by atoms with Crippen molar-refractivity contribution < 1.29 is 14.3 Å². The molecular formula is C28H33ClN4O3. The predicted molar refractivity (Wildman–Crippen MR) is 145 cm³/mol. The third kappa shape index (κ3) is 6.09. The molecule has 1 fully saturated rings. The molecule has 3 aromatic rings. The fourth-order valence-electron chi connectivity index (χ4n) is 4.82. The smallest absolute Gasteiger partial charge is 0.255 e. The average Bonchev–Trinajstić information content (AvgIpc) is 3.43. The lowest BCUT2D eigenvalue weighted by Crippen LogP contribution is -2.41. The maximum absolute atomic E-state index is 13.1. The van der Waals surface area contributed by atoms with Gasteiger partial charge in [0, 0.05) is 24.2 Å². The number of amides is 2. The molecule has 0 aliphatic carbocycles. The number of unbranched alkanes of at least 4 members (excludes halogenated alkanes) is 1. The molecule has 36 heavy (non-hydrogen) atoms. The number of hydrogen-bond donors (Lipinski definition) is 4. The summed E-state index contributed by atoms with van der Waals surface area (Å²) in [6, 6.07) is 16.8. The molecule has 2 amide bonds. The zero-order valence-electron chi connectivity index (χ0n) is 20.5. The monoisotopic (exact) mass is 508 g/mol. The second kappa shape index (κ2) is 12.1. The van der Waals surface area contributed by atoms with Gasteiger partial charge >= 0.3 is 0 Å². The van der Waals surface area contributed by atoms with Gasteiger partial charge in [0.25, 0.3) is 11.8 Å². The molecule has 7 nitrogen and oxygen atoms in total. The van der Waals surface area contributed by atoms with Crippen molar-refractivity contribution in [2.45, 2.75) is 31.7 Å². The fourth-order valence-corrected chi connectivity index (χ4v) is 4.98. The Morgan fingerprint density at radius 3 is 2.69 bits per heavy atom. The number of rotatable bonds is 10. The zero-order valence-corrected chi connectivity index (χ0v) is 21.2. The Morgan fingerprint density at radius 1 is 1.11 bits per heavy atom. The summed E-state index contributed by atoms with van der Waals surface area (Å²) < 4.78 is 5.36. The number of hydrogen-bond acceptors (Lipinski definition) is 5. The van der Waals surface area contributed by atoms with E-state index in [1.807, 2.05) is 42.5 Å². The number of fused-ring (bicyclic) bond motifs is 1. The van der Waals surface area contributed by atoms with E-state index in [0.717, 1.165) is 49.5 Å². The maximum Gasteiger partial charge on any atom is 0.255 e. The van der Waals surface area contributed by atoms with Gasteiger partial charge in [-0.15, -0.1) is 0 Å². The van der Waals surface area contributed by atoms with Crippen LogP contribution in [0, 0.1) is 5.92 Å². The molecule has 2 atom stereocenters. The van der Waals surface area contributed by atoms with E-state index in [-0.39, 0.29) is 17.9 Å². The van der Waals surface area contributed by atoms with E-state index in [9.17, 15) is 9.59 Å². The largest absolute Gasteiger partial charge is 0.496 e. The first-order valence-electron chi connectivity index (χ1n) is 12.4. The standard InChI is InChI=1S/C28H33ClN4O3/c1-36-26-16-24(30)23(29)15-22(26)28(35)33-25(19-12-14-31-17-19)11-4-5-13-32-27(34)21-10-6-8-18-7-2-3-9-20(18)21/h2-3,6-10,15-16,19,25,31H,4-5,11-14,17,30H2,1H3,(H,32,34)(H,33,35)/t19-,25?/m1/s1. The van der Waals surface area contributed by atoms with Gasteiger partial charge in [-0.05, 0) is 67.6 Å². The molecule has 190 valence electrons. The molecule has 0 aromatic heterocycles. The molecule has 0 radical (unpaired) electrons. The van der Waals surface area contributed by atoms with E-state index in [1.165, 1.54) is 7.11 Å². The molecule has 0 bridgehead atoms. The van der Waals surface area contributed by atoms with Crippen LogP contribution in [0.25, 0.3) is 10.8 Å². The minimum atomic E-state index is -0.227. The van der Waals surface area contributed by atoms with Crippen LogP contribution in [0.1, 0.15) is 46.4 Å². The van der Waals surface area contributed by atoms with Crippen LogP contribution >= 0.6 is 11.6 Å². The highest BCUT2D eigenvalue weighted by Crippen LogP contribution is 2.29. The van der Waals surface area contributed by atoms with Gasteiger partial charge in [-0.1, -0.05) is 48.0 Å². The number of nitrogens with two attached hydrogens (primary N) is 1. The lowest BCUT2D eigenvalue weighted by atomic mass is 9.93. The molecule has 1 aliphatic heterocycles. The van der Waals surface area contributed by atoms with Gasteiger partial charge in [-0.2, -0.15) is 0 Å². The van der Waals surface area contributed by atoms with Crippen LogP contribution in [0.5, 0.6) is 5.75 Å². The van der Waals surface area contributed by atoms with Crippen LogP contribution in [0.4, 0.5) is 5.69 Å². The van der Waals surface area contributed by atoms with Crippen molar-refractivity contribution in [3.8, 4) is 5.75 Å². The summed E-state index contributed by atoms with van der Waals surface area (Å²) in [6.07, 6.45) is 3.51. The third-order valence-corrected chi connectivity index (χ3v) is 7.14. The number of nitrogens with one attached hydrogen (secondary N) is 3. The second-order valence-corrected chi connectivity index (χ2v) is 9.59. The third-order valence-electron chi connectivity index (χ3n) is 6.81. The van der Waals surface area contributed by atoms with Crippen LogP contribution in [0.15, 0.2) is 54.6 Å². The Hall–Kier alpha value is -3.29. The summed E-state index contributed by atoms with van der Waals surface area (Å²) in [5.41, 5.74) is 7.29. The highest BCUT2D eigenvalue weighted by molar-refractivity contribution is 6.33. The predicted octanol–water partition coefficient (Wildman–Crippen LogP) is 4.39. The number of methoxy groups -OCH3 is 1. The quantitative estimate of drug-likeness (QED) is 0.240. The van der Waals surface area contributed by atoms with Crippen molar-refractivity contribution in [1.82, 2.24) is 16.0 Å². The van der Waals surface area contributed by atoms with Crippen LogP contribution in [0.3, 0.4) is 0 Å². The van der Waals surface area contributed by atoms with E-state index in [2.05, 4.69) is 16.0 Å². The summed E-state index contributed by atoms with van der Waals surface area (Å²) in [5, 5.41) is 11.9. The van der Waals surface area contributed by atoms with Gasteiger partial charge in [0.15, 0.2) is 0 Å². The maximum atomic E-state index is 13.1. The summed E-state index contributed by atoms with van der Waals surface area (Å²) in [6.45, 7) is 2.38. The van der Waals surface area contributed by atoms with Crippen molar-refractivity contribution in [3.05, 3.63) is 70.7 Å². The molecule has 3 aromatic carbocycles. The highest BCUT2D eigenvalue weighted by Gasteiger charge is 2.27. The Kier molecular flexibility index (Phi) is 8.67. The number of anilines is 1. The fraction of sp³-hybridized carbons (Fsp3) is 0.357. The number of ether oxygens (including phenoxy) is 1.